The molecule has 0 bridgehead atoms. The van der Waals surface area contributed by atoms with Gasteiger partial charge in [-0.3, -0.25) is 19.8 Å². The van der Waals surface area contributed by atoms with Crippen molar-refractivity contribution in [2.24, 2.45) is 0 Å². The third-order valence-electron chi connectivity index (χ3n) is 3.91. The van der Waals surface area contributed by atoms with Gasteiger partial charge in [0.2, 0.25) is 5.75 Å². The molecule has 8 nitrogen and oxygen atoms in total. The monoisotopic (exact) mass is 418 g/mol. The van der Waals surface area contributed by atoms with E-state index >= 15 is 0 Å². The van der Waals surface area contributed by atoms with Gasteiger partial charge in [-0.15, -0.1) is 0 Å². The van der Waals surface area contributed by atoms with Crippen LogP contribution in [0, 0.1) is 10.1 Å². The van der Waals surface area contributed by atoms with Gasteiger partial charge >= 0.3 is 0 Å². The van der Waals surface area contributed by atoms with Gasteiger partial charge in [0.15, 0.2) is 15.8 Å². The zero-order valence-corrected chi connectivity index (χ0v) is 16.4. The molecule has 0 aromatic heterocycles. The minimum atomic E-state index is -0.514. The summed E-state index contributed by atoms with van der Waals surface area (Å²) in [5, 5.41) is 20.8. The number of methoxy groups -OCH3 is 2. The Bertz CT molecular complexity index is 979. The van der Waals surface area contributed by atoms with Crippen molar-refractivity contribution in [1.82, 2.24) is 0 Å². The summed E-state index contributed by atoms with van der Waals surface area (Å²) in [6, 6.07) is 8.70. The molecule has 1 heterocycles. The molecular weight excluding hydrogens is 404 g/mol. The standard InChI is InChI=1S/C18H14N2O6S2/c1-25-13-7-10(8-14(26-2)16(13)21)9-15-17(22)19(18(27)28-15)11-3-5-12(6-4-11)20(23)24/h3-9,21H,1-2H3/b15-9+. The molecule has 10 heteroatoms. The van der Waals surface area contributed by atoms with Crippen LogP contribution in [0.1, 0.15) is 5.56 Å². The number of hydrogen-bond donors (Lipinski definition) is 1. The summed E-state index contributed by atoms with van der Waals surface area (Å²) < 4.78 is 10.5. The molecule has 1 saturated heterocycles. The van der Waals surface area contributed by atoms with E-state index in [-0.39, 0.29) is 28.8 Å². The number of ether oxygens (including phenoxy) is 2. The lowest BCUT2D eigenvalue weighted by Crippen LogP contribution is -2.27. The lowest BCUT2D eigenvalue weighted by Gasteiger charge is -2.14. The Balaban J connectivity index is 1.94. The Morgan fingerprint density at radius 2 is 1.75 bits per heavy atom. The van der Waals surface area contributed by atoms with Crippen molar-refractivity contribution < 1.29 is 24.3 Å². The molecule has 0 aliphatic carbocycles. The highest BCUT2D eigenvalue weighted by Gasteiger charge is 2.33. The van der Waals surface area contributed by atoms with Gasteiger partial charge in [0.25, 0.3) is 11.6 Å². The third-order valence-corrected chi connectivity index (χ3v) is 5.21. The molecule has 2 aromatic rings. The number of nitrogens with zero attached hydrogens (tertiary/aromatic N) is 2. The lowest BCUT2D eigenvalue weighted by atomic mass is 10.1. The topological polar surface area (TPSA) is 102 Å². The van der Waals surface area contributed by atoms with E-state index in [1.807, 2.05) is 0 Å². The highest BCUT2D eigenvalue weighted by molar-refractivity contribution is 8.27. The molecule has 0 spiro atoms. The Morgan fingerprint density at radius 1 is 1.18 bits per heavy atom. The van der Waals surface area contributed by atoms with E-state index in [1.54, 1.807) is 18.2 Å². The quantitative estimate of drug-likeness (QED) is 0.339. The van der Waals surface area contributed by atoms with Crippen LogP contribution in [0.25, 0.3) is 6.08 Å². The van der Waals surface area contributed by atoms with Crippen LogP contribution in [-0.2, 0) is 4.79 Å². The summed E-state index contributed by atoms with van der Waals surface area (Å²) in [5.74, 6) is -0.0802. The van der Waals surface area contributed by atoms with E-state index in [1.165, 1.54) is 43.4 Å². The molecule has 1 amide bonds. The van der Waals surface area contributed by atoms with Gasteiger partial charge in [-0.05, 0) is 35.9 Å². The van der Waals surface area contributed by atoms with E-state index in [0.717, 1.165) is 11.8 Å². The second kappa shape index (κ2) is 7.87. The summed E-state index contributed by atoms with van der Waals surface area (Å²) in [5.41, 5.74) is 0.945. The second-order valence-electron chi connectivity index (χ2n) is 5.56. The Labute approximate surface area is 169 Å². The number of aromatic hydroxyl groups is 1. The molecule has 0 atom stereocenters. The van der Waals surface area contributed by atoms with Crippen LogP contribution in [-0.4, -0.2) is 34.5 Å². The largest absolute Gasteiger partial charge is 0.502 e. The van der Waals surface area contributed by atoms with Crippen LogP contribution >= 0.6 is 24.0 Å². The summed E-state index contributed by atoms with van der Waals surface area (Å²) in [6.07, 6.45) is 1.61. The summed E-state index contributed by atoms with van der Waals surface area (Å²) in [6.45, 7) is 0. The van der Waals surface area contributed by atoms with Crippen molar-refractivity contribution in [2.75, 3.05) is 19.1 Å². The van der Waals surface area contributed by atoms with E-state index < -0.39 is 4.92 Å². The normalized spacial score (nSPS) is 15.2. The number of rotatable bonds is 5. The van der Waals surface area contributed by atoms with Crippen molar-refractivity contribution in [3.8, 4) is 17.2 Å². The number of nitro benzene ring substituents is 1. The van der Waals surface area contributed by atoms with E-state index in [4.69, 9.17) is 21.7 Å². The van der Waals surface area contributed by atoms with Gasteiger partial charge in [-0.1, -0.05) is 24.0 Å². The lowest BCUT2D eigenvalue weighted by molar-refractivity contribution is -0.384. The Hall–Kier alpha value is -3.11. The van der Waals surface area contributed by atoms with Gasteiger partial charge in [0, 0.05) is 12.1 Å². The van der Waals surface area contributed by atoms with Gasteiger partial charge in [-0.2, -0.15) is 0 Å². The summed E-state index contributed by atoms with van der Waals surface area (Å²) in [7, 11) is 2.82. The summed E-state index contributed by atoms with van der Waals surface area (Å²) >= 11 is 6.40. The molecule has 144 valence electrons. The maximum atomic E-state index is 12.8. The molecule has 1 aliphatic heterocycles. The number of carbonyl (C=O) groups is 1. The van der Waals surface area contributed by atoms with Crippen LogP contribution < -0.4 is 14.4 Å². The Morgan fingerprint density at radius 3 is 2.25 bits per heavy atom. The van der Waals surface area contributed by atoms with Crippen LogP contribution in [0.2, 0.25) is 0 Å². The zero-order chi connectivity index (χ0) is 20.4. The number of phenolic OH excluding ortho intramolecular Hbond substituents is 1. The molecule has 0 saturated carbocycles. The fourth-order valence-corrected chi connectivity index (χ4v) is 3.86. The predicted molar refractivity (Wildman–Crippen MR) is 110 cm³/mol. The maximum absolute atomic E-state index is 12.8. The molecule has 1 fully saturated rings. The number of benzene rings is 2. The predicted octanol–water partition coefficient (Wildman–Crippen LogP) is 3.72. The van der Waals surface area contributed by atoms with E-state index in [2.05, 4.69) is 0 Å². The molecule has 1 aliphatic rings. The molecule has 0 radical (unpaired) electrons. The number of amides is 1. The average Bonchev–Trinajstić information content (AvgIpc) is 2.96. The van der Waals surface area contributed by atoms with E-state index in [0.29, 0.717) is 20.5 Å². The first-order valence-electron chi connectivity index (χ1n) is 7.83. The first-order valence-corrected chi connectivity index (χ1v) is 9.05. The Kier molecular flexibility index (Phi) is 5.52. The number of nitro groups is 1. The van der Waals surface area contributed by atoms with Crippen molar-refractivity contribution in [3.63, 3.8) is 0 Å². The van der Waals surface area contributed by atoms with Crippen LogP contribution in [0.3, 0.4) is 0 Å². The molecule has 1 N–H and O–H groups in total. The smallest absolute Gasteiger partial charge is 0.270 e. The first kappa shape index (κ1) is 19.6. The summed E-state index contributed by atoms with van der Waals surface area (Å²) in [4.78, 5) is 24.8. The van der Waals surface area contributed by atoms with Gasteiger partial charge < -0.3 is 14.6 Å². The van der Waals surface area contributed by atoms with Gasteiger partial charge in [-0.25, -0.2) is 0 Å². The average molecular weight is 418 g/mol. The number of non-ortho nitro benzene ring substituents is 1. The van der Waals surface area contributed by atoms with Crippen molar-refractivity contribution >= 4 is 51.7 Å². The molecule has 0 unspecified atom stereocenters. The zero-order valence-electron chi connectivity index (χ0n) is 14.7. The fourth-order valence-electron chi connectivity index (χ4n) is 2.56. The number of anilines is 1. The highest BCUT2D eigenvalue weighted by Crippen LogP contribution is 2.40. The molecule has 28 heavy (non-hydrogen) atoms. The number of carbonyl (C=O) groups excluding carboxylic acids is 1. The highest BCUT2D eigenvalue weighted by atomic mass is 32.2. The van der Waals surface area contributed by atoms with Crippen molar-refractivity contribution in [2.45, 2.75) is 0 Å². The first-order chi connectivity index (χ1) is 13.3. The number of phenols is 1. The van der Waals surface area contributed by atoms with Gasteiger partial charge in [0.1, 0.15) is 0 Å². The molecular formula is C18H14N2O6S2. The van der Waals surface area contributed by atoms with Crippen LogP contribution in [0.15, 0.2) is 41.3 Å². The van der Waals surface area contributed by atoms with Crippen LogP contribution in [0.5, 0.6) is 17.2 Å². The van der Waals surface area contributed by atoms with Crippen LogP contribution in [0.4, 0.5) is 11.4 Å². The van der Waals surface area contributed by atoms with Crippen molar-refractivity contribution in [3.05, 3.63) is 57.0 Å². The molecule has 2 aromatic carbocycles. The molecule has 3 rings (SSSR count). The fraction of sp³-hybridized carbons (Fsp3) is 0.111. The number of thiocarbonyl (C=S) groups is 1. The van der Waals surface area contributed by atoms with E-state index in [9.17, 15) is 20.0 Å². The number of hydrogen-bond acceptors (Lipinski definition) is 8. The maximum Gasteiger partial charge on any atom is 0.270 e. The second-order valence-corrected chi connectivity index (χ2v) is 7.24. The minimum absolute atomic E-state index is 0.0759. The van der Waals surface area contributed by atoms with Crippen molar-refractivity contribution in [1.29, 1.82) is 0 Å². The van der Waals surface area contributed by atoms with Gasteiger partial charge in [0.05, 0.1) is 29.7 Å². The number of thioether (sulfide) groups is 1. The minimum Gasteiger partial charge on any atom is -0.502 e. The SMILES string of the molecule is COc1cc(/C=C2/SC(=S)N(c3ccc([N+](=O)[O-])cc3)C2=O)cc(OC)c1O. The third kappa shape index (κ3) is 3.64.